The van der Waals surface area contributed by atoms with Crippen LogP contribution in [0.1, 0.15) is 94.0 Å². The van der Waals surface area contributed by atoms with E-state index in [9.17, 15) is 19.8 Å². The standard InChI is InChI=1S/C34H36N4O4.Zn/c1-7-21-17(3)25-13-26-19(5)23(9-11-33(39)40)31(37-26)16-32-24(10-12-34(41)42)20(6)28(38-32)15-30-22(8-2)18(4)27(36-30)14-29(21)35-25;/h13-16H,7-12H2,1-6H3,(H,39,40)(H,41,42);/q-4;/b25-13-,26-13?,27-14?,28-15-,29-14-,30-15?,31-16?,32-16-;. The Morgan fingerprint density at radius 2 is 0.930 bits per heavy atom. The molecule has 0 radical (unpaired) electrons. The maximum Gasteiger partial charge on any atom is 0.303 e. The van der Waals surface area contributed by atoms with Crippen molar-refractivity contribution in [2.24, 2.45) is 0 Å². The molecule has 0 aromatic carbocycles. The van der Waals surface area contributed by atoms with Gasteiger partial charge in [0.2, 0.25) is 0 Å². The van der Waals surface area contributed by atoms with Crippen molar-refractivity contribution in [2.75, 3.05) is 0 Å². The molecule has 0 fully saturated rings. The van der Waals surface area contributed by atoms with E-state index in [1.807, 2.05) is 32.1 Å². The largest absolute Gasteiger partial charge is 0.657 e. The second-order valence-electron chi connectivity index (χ2n) is 11.0. The first kappa shape index (κ1) is 32.1. The summed E-state index contributed by atoms with van der Waals surface area (Å²) in [5.74, 6) is -1.76. The molecule has 0 saturated carbocycles. The number of rotatable bonds is 8. The molecule has 9 heteroatoms. The second-order valence-corrected chi connectivity index (χ2v) is 11.0. The molecule has 0 aliphatic carbocycles. The minimum atomic E-state index is -0.878. The van der Waals surface area contributed by atoms with Crippen LogP contribution in [0.25, 0.3) is 24.3 Å². The topological polar surface area (TPSA) is 131 Å². The Balaban J connectivity index is 0.00000423. The van der Waals surface area contributed by atoms with Crippen molar-refractivity contribution < 1.29 is 39.3 Å². The zero-order valence-electron chi connectivity index (χ0n) is 25.8. The molecule has 0 spiro atoms. The fourth-order valence-corrected chi connectivity index (χ4v) is 6.06. The van der Waals surface area contributed by atoms with Crippen molar-refractivity contribution in [3.05, 3.63) is 88.7 Å². The third kappa shape index (κ3) is 6.14. The molecule has 0 atom stereocenters. The van der Waals surface area contributed by atoms with Crippen LogP contribution in [0.4, 0.5) is 0 Å². The van der Waals surface area contributed by atoms with Crippen LogP contribution in [0.2, 0.25) is 0 Å². The van der Waals surface area contributed by atoms with Crippen molar-refractivity contribution in [1.29, 1.82) is 0 Å². The minimum absolute atomic E-state index is 0. The summed E-state index contributed by atoms with van der Waals surface area (Å²) in [6, 6.07) is 0. The number of fused-ring (bicyclic) bond motifs is 8. The van der Waals surface area contributed by atoms with Gasteiger partial charge in [-0.25, -0.2) is 0 Å². The SMILES string of the molecule is CCc1c2[n-]c(c1C)/C=c1\[n-]/c(c(C)c1CC)=C\c1[n-]c(c(CCC(=O)O)c1C)/C=c1\[n-]/c(c(C)c1CCC(=O)O)=C\2.[Zn]. The van der Waals surface area contributed by atoms with Gasteiger partial charge in [0.1, 0.15) is 0 Å². The van der Waals surface area contributed by atoms with Gasteiger partial charge in [0.05, 0.1) is 0 Å². The number of hydrogen-bond acceptors (Lipinski definition) is 2. The zero-order valence-corrected chi connectivity index (χ0v) is 28.7. The maximum absolute atomic E-state index is 11.5. The van der Waals surface area contributed by atoms with E-state index >= 15 is 0 Å². The number of aromatic nitrogens is 4. The Morgan fingerprint density at radius 1 is 0.535 bits per heavy atom. The summed E-state index contributed by atoms with van der Waals surface area (Å²) >= 11 is 0. The third-order valence-electron chi connectivity index (χ3n) is 8.53. The van der Waals surface area contributed by atoms with Crippen molar-refractivity contribution >= 4 is 36.2 Å². The Kier molecular flexibility index (Phi) is 9.55. The Hall–Kier alpha value is -3.84. The van der Waals surface area contributed by atoms with Crippen LogP contribution in [0.3, 0.4) is 0 Å². The van der Waals surface area contributed by atoms with E-state index < -0.39 is 11.9 Å². The Bertz CT molecular complexity index is 1970. The van der Waals surface area contributed by atoms with E-state index in [1.165, 1.54) is 5.56 Å². The van der Waals surface area contributed by atoms with E-state index in [-0.39, 0.29) is 32.3 Å². The van der Waals surface area contributed by atoms with Crippen LogP contribution in [-0.2, 0) is 54.8 Å². The molecule has 0 saturated heterocycles. The summed E-state index contributed by atoms with van der Waals surface area (Å²) in [5.41, 5.74) is 11.2. The van der Waals surface area contributed by atoms with Gasteiger partial charge in [-0.2, -0.15) is 0 Å². The van der Waals surface area contributed by atoms with Gasteiger partial charge in [-0.1, -0.05) is 82.7 Å². The Labute approximate surface area is 263 Å². The van der Waals surface area contributed by atoms with Gasteiger partial charge < -0.3 is 30.1 Å². The normalized spacial score (nSPS) is 15.2. The van der Waals surface area contributed by atoms with Gasteiger partial charge in [-0.15, -0.1) is 44.2 Å². The zero-order chi connectivity index (χ0) is 30.3. The molecule has 1 aliphatic rings. The first-order chi connectivity index (χ1) is 20.0. The monoisotopic (exact) mass is 628 g/mol. The number of aliphatic carboxylic acids is 2. The van der Waals surface area contributed by atoms with Crippen LogP contribution in [-0.4, -0.2) is 22.2 Å². The van der Waals surface area contributed by atoms with Crippen LogP contribution >= 0.6 is 0 Å². The molecular weight excluding hydrogens is 594 g/mol. The molecule has 1 aliphatic heterocycles. The fraction of sp³-hybridized carbons (Fsp3) is 0.353. The summed E-state index contributed by atoms with van der Waals surface area (Å²) in [4.78, 5) is 43.1. The number of carbonyl (C=O) groups is 2. The molecule has 4 aromatic heterocycles. The summed E-state index contributed by atoms with van der Waals surface area (Å²) < 4.78 is 0. The number of nitrogens with zero attached hydrogens (tertiary/aromatic N) is 4. The molecular formula is C34H36N4O4Zn-4. The first-order valence-corrected chi connectivity index (χ1v) is 14.5. The summed E-state index contributed by atoms with van der Waals surface area (Å²) in [7, 11) is 0. The summed E-state index contributed by atoms with van der Waals surface area (Å²) in [6.07, 6.45) is 10.2. The van der Waals surface area contributed by atoms with Gasteiger partial charge in [-0.05, 0) is 53.4 Å². The predicted octanol–water partition coefficient (Wildman–Crippen LogP) is 1.53. The van der Waals surface area contributed by atoms with Crippen molar-refractivity contribution in [1.82, 2.24) is 19.9 Å². The van der Waals surface area contributed by atoms with Gasteiger partial charge >= 0.3 is 11.9 Å². The summed E-state index contributed by atoms with van der Waals surface area (Å²) in [5, 5.41) is 22.0. The first-order valence-electron chi connectivity index (χ1n) is 14.5. The van der Waals surface area contributed by atoms with Crippen LogP contribution in [0.5, 0.6) is 0 Å². The molecule has 0 amide bonds. The minimum Gasteiger partial charge on any atom is -0.657 e. The number of carboxylic acid groups (broad SMARTS) is 2. The van der Waals surface area contributed by atoms with Crippen molar-refractivity contribution in [2.45, 2.75) is 80.1 Å². The van der Waals surface area contributed by atoms with Gasteiger partial charge in [-0.3, -0.25) is 9.59 Å². The molecule has 43 heavy (non-hydrogen) atoms. The average Bonchev–Trinajstić information content (AvgIpc) is 3.59. The smallest absolute Gasteiger partial charge is 0.303 e. The van der Waals surface area contributed by atoms with E-state index in [0.29, 0.717) is 23.9 Å². The molecule has 8 nitrogen and oxygen atoms in total. The van der Waals surface area contributed by atoms with Crippen molar-refractivity contribution in [3.8, 4) is 0 Å². The second kappa shape index (κ2) is 12.8. The van der Waals surface area contributed by atoms with Crippen LogP contribution in [0, 0.1) is 27.7 Å². The molecule has 4 aromatic rings. The van der Waals surface area contributed by atoms with E-state index in [1.54, 1.807) is 0 Å². The molecule has 8 bridgehead atoms. The molecule has 2 N–H and O–H groups in total. The quantitative estimate of drug-likeness (QED) is 0.247. The van der Waals surface area contributed by atoms with Crippen LogP contribution in [0.15, 0.2) is 0 Å². The maximum atomic E-state index is 11.5. The Morgan fingerprint density at radius 3 is 1.47 bits per heavy atom. The summed E-state index contributed by atoms with van der Waals surface area (Å²) in [6.45, 7) is 12.3. The predicted molar refractivity (Wildman–Crippen MR) is 161 cm³/mol. The van der Waals surface area contributed by atoms with E-state index in [2.05, 4.69) is 33.8 Å². The van der Waals surface area contributed by atoms with Crippen molar-refractivity contribution in [3.63, 3.8) is 0 Å². The third-order valence-corrected chi connectivity index (χ3v) is 8.53. The number of carboxylic acids is 2. The van der Waals surface area contributed by atoms with E-state index in [4.69, 9.17) is 19.9 Å². The van der Waals surface area contributed by atoms with Crippen LogP contribution < -0.4 is 41.3 Å². The number of hydrogen-bond donors (Lipinski definition) is 2. The van der Waals surface area contributed by atoms with Gasteiger partial charge in [0.15, 0.2) is 0 Å². The average molecular weight is 630 g/mol. The molecule has 5 rings (SSSR count). The molecule has 0 unspecified atom stereocenters. The van der Waals surface area contributed by atoms with Gasteiger partial charge in [0, 0.05) is 32.3 Å². The van der Waals surface area contributed by atoms with Gasteiger partial charge in [0.25, 0.3) is 0 Å². The van der Waals surface area contributed by atoms with E-state index in [0.717, 1.165) is 84.9 Å². The molecule has 5 heterocycles. The fourth-order valence-electron chi connectivity index (χ4n) is 6.06. The molecule has 222 valence electrons.